The second-order valence-corrected chi connectivity index (χ2v) is 16.6. The number of morpholine rings is 1. The van der Waals surface area contributed by atoms with Crippen molar-refractivity contribution in [2.24, 2.45) is 0 Å². The Hall–Kier alpha value is -3.91. The SMILES string of the molecule is COc1cccc2c1C(=O)c1c(O)c3c(c(O)c1C2=O)C[C@@](O)(CCOCC(=O)NCCO[C@@H]1OC(CO)[C@@H](O)C(O)C1O)C[C@@H]3O[C@H]1CC2C(O[C@@H]3[C@@H](OC)OCCN23)[C@H](C)O1. The number of nitrogens with zero attached hydrogens (tertiary/aromatic N) is 1. The molecule has 8 N–H and O–H groups in total. The molecule has 2 aliphatic carbocycles. The van der Waals surface area contributed by atoms with E-state index < -0.39 is 121 Å². The number of aliphatic hydroxyl groups excluding tert-OH is 4. The number of fused-ring (bicyclic) bond motifs is 6. The number of phenolic OH excluding ortho intramolecular Hbond substituents is 2. The first-order chi connectivity index (χ1) is 30.2. The Labute approximate surface area is 361 Å². The molecule has 4 heterocycles. The van der Waals surface area contributed by atoms with Crippen molar-refractivity contribution in [3.8, 4) is 17.2 Å². The Morgan fingerprint density at radius 3 is 2.49 bits per heavy atom. The molecule has 4 fully saturated rings. The largest absolute Gasteiger partial charge is 0.507 e. The highest BCUT2D eigenvalue weighted by atomic mass is 16.7. The Morgan fingerprint density at radius 1 is 0.968 bits per heavy atom. The smallest absolute Gasteiger partial charge is 0.246 e. The van der Waals surface area contributed by atoms with E-state index in [0.29, 0.717) is 19.6 Å². The van der Waals surface area contributed by atoms with Gasteiger partial charge in [-0.3, -0.25) is 19.3 Å². The van der Waals surface area contributed by atoms with Crippen LogP contribution < -0.4 is 10.1 Å². The number of methoxy groups -OCH3 is 2. The molecule has 0 bridgehead atoms. The maximum absolute atomic E-state index is 14.2. The summed E-state index contributed by atoms with van der Waals surface area (Å²) in [7, 11) is 2.88. The molecule has 4 aliphatic heterocycles. The first kappa shape index (κ1) is 45.7. The van der Waals surface area contributed by atoms with Crippen LogP contribution in [0, 0.1) is 0 Å². The third kappa shape index (κ3) is 8.45. The maximum atomic E-state index is 14.2. The number of ether oxygens (including phenoxy) is 9. The average molecular weight is 891 g/mol. The van der Waals surface area contributed by atoms with Crippen LogP contribution in [0.1, 0.15) is 75.3 Å². The molecule has 4 saturated heterocycles. The van der Waals surface area contributed by atoms with Crippen LogP contribution in [0.3, 0.4) is 0 Å². The van der Waals surface area contributed by atoms with Crippen molar-refractivity contribution in [1.29, 1.82) is 0 Å². The van der Waals surface area contributed by atoms with Gasteiger partial charge >= 0.3 is 0 Å². The van der Waals surface area contributed by atoms with Crippen LogP contribution in [-0.4, -0.2) is 192 Å². The number of hydrogen-bond acceptors (Lipinski definition) is 20. The Morgan fingerprint density at radius 2 is 1.75 bits per heavy atom. The molecule has 6 aliphatic rings. The summed E-state index contributed by atoms with van der Waals surface area (Å²) in [6.07, 6.45) is -11.6. The second-order valence-electron chi connectivity index (χ2n) is 16.6. The lowest BCUT2D eigenvalue weighted by molar-refractivity contribution is -0.300. The van der Waals surface area contributed by atoms with Gasteiger partial charge in [-0.05, 0) is 19.4 Å². The van der Waals surface area contributed by atoms with Gasteiger partial charge in [0.25, 0.3) is 0 Å². The molecule has 21 heteroatoms. The summed E-state index contributed by atoms with van der Waals surface area (Å²) >= 11 is 0. The maximum Gasteiger partial charge on any atom is 0.246 e. The van der Waals surface area contributed by atoms with Crippen molar-refractivity contribution in [2.75, 3.05) is 60.3 Å². The lowest BCUT2D eigenvalue weighted by Gasteiger charge is -2.44. The lowest BCUT2D eigenvalue weighted by atomic mass is 9.72. The van der Waals surface area contributed by atoms with Crippen LogP contribution >= 0.6 is 0 Å². The van der Waals surface area contributed by atoms with E-state index in [4.69, 9.17) is 42.6 Å². The highest BCUT2D eigenvalue weighted by molar-refractivity contribution is 6.31. The van der Waals surface area contributed by atoms with E-state index in [9.17, 15) is 50.1 Å². The summed E-state index contributed by atoms with van der Waals surface area (Å²) in [6, 6.07) is 4.29. The number of carbonyl (C=O) groups is 3. The van der Waals surface area contributed by atoms with E-state index in [1.54, 1.807) is 0 Å². The van der Waals surface area contributed by atoms with Gasteiger partial charge in [-0.1, -0.05) is 12.1 Å². The molecule has 0 aromatic heterocycles. The zero-order valence-corrected chi connectivity index (χ0v) is 34.9. The van der Waals surface area contributed by atoms with Gasteiger partial charge in [0.05, 0.1) is 68.0 Å². The van der Waals surface area contributed by atoms with Gasteiger partial charge in [0.2, 0.25) is 11.7 Å². The monoisotopic (exact) mass is 890 g/mol. The third-order valence-electron chi connectivity index (χ3n) is 12.8. The fourth-order valence-corrected chi connectivity index (χ4v) is 9.64. The number of aliphatic hydroxyl groups is 5. The molecule has 21 nitrogen and oxygen atoms in total. The summed E-state index contributed by atoms with van der Waals surface area (Å²) < 4.78 is 52.3. The normalized spacial score (nSPS) is 35.0. The number of rotatable bonds is 14. The topological polar surface area (TPSA) is 291 Å². The Balaban J connectivity index is 0.981. The van der Waals surface area contributed by atoms with Gasteiger partial charge in [-0.25, -0.2) is 0 Å². The zero-order chi connectivity index (χ0) is 44.9. The van der Waals surface area contributed by atoms with Gasteiger partial charge < -0.3 is 83.7 Å². The van der Waals surface area contributed by atoms with Gasteiger partial charge in [0.15, 0.2) is 30.9 Å². The van der Waals surface area contributed by atoms with Crippen molar-refractivity contribution in [1.82, 2.24) is 10.2 Å². The van der Waals surface area contributed by atoms with Crippen LogP contribution in [0.25, 0.3) is 0 Å². The van der Waals surface area contributed by atoms with E-state index >= 15 is 0 Å². The number of aromatic hydroxyl groups is 2. The minimum absolute atomic E-state index is 0.00301. The lowest BCUT2D eigenvalue weighted by Crippen LogP contribution is -2.59. The van der Waals surface area contributed by atoms with Crippen LogP contribution in [-0.2, 0) is 49.1 Å². The molecule has 2 aromatic rings. The number of benzene rings is 2. The molecule has 0 spiro atoms. The number of amides is 1. The predicted octanol–water partition coefficient (Wildman–Crippen LogP) is -1.51. The van der Waals surface area contributed by atoms with E-state index in [1.165, 1.54) is 32.4 Å². The first-order valence-corrected chi connectivity index (χ1v) is 20.9. The molecular formula is C42H54N2O19. The summed E-state index contributed by atoms with van der Waals surface area (Å²) in [5.41, 5.74) is -2.60. The van der Waals surface area contributed by atoms with E-state index in [-0.39, 0.29) is 79.2 Å². The number of carbonyl (C=O) groups excluding carboxylic acids is 3. The average Bonchev–Trinajstić information content (AvgIpc) is 3.66. The summed E-state index contributed by atoms with van der Waals surface area (Å²) in [5.74, 6) is -3.07. The van der Waals surface area contributed by atoms with E-state index in [0.717, 1.165) is 0 Å². The molecule has 346 valence electrons. The van der Waals surface area contributed by atoms with Crippen molar-refractivity contribution in [3.05, 3.63) is 51.6 Å². The highest BCUT2D eigenvalue weighted by Gasteiger charge is 2.55. The predicted molar refractivity (Wildman–Crippen MR) is 210 cm³/mol. The van der Waals surface area contributed by atoms with Gasteiger partial charge in [0, 0.05) is 62.2 Å². The fourth-order valence-electron chi connectivity index (χ4n) is 9.64. The number of ketones is 2. The van der Waals surface area contributed by atoms with Crippen molar-refractivity contribution < 1.29 is 92.8 Å². The molecule has 5 unspecified atom stereocenters. The van der Waals surface area contributed by atoms with Gasteiger partial charge in [0.1, 0.15) is 54.4 Å². The van der Waals surface area contributed by atoms with Gasteiger partial charge in [-0.15, -0.1) is 0 Å². The van der Waals surface area contributed by atoms with E-state index in [2.05, 4.69) is 10.2 Å². The highest BCUT2D eigenvalue weighted by Crippen LogP contribution is 2.53. The molecule has 1 amide bonds. The summed E-state index contributed by atoms with van der Waals surface area (Å²) in [5, 5.41) is 78.2. The van der Waals surface area contributed by atoms with Crippen molar-refractivity contribution >= 4 is 17.5 Å². The quantitative estimate of drug-likeness (QED) is 0.0674. The molecule has 0 radical (unpaired) electrons. The third-order valence-corrected chi connectivity index (χ3v) is 12.8. The fraction of sp³-hybridized carbons (Fsp3) is 0.643. The molecular weight excluding hydrogens is 836 g/mol. The number of hydrogen-bond donors (Lipinski definition) is 8. The molecule has 0 saturated carbocycles. The summed E-state index contributed by atoms with van der Waals surface area (Å²) in [4.78, 5) is 42.9. The number of nitrogens with one attached hydrogen (secondary N) is 1. The van der Waals surface area contributed by atoms with Crippen molar-refractivity contribution in [2.45, 2.75) is 112 Å². The molecule has 2 aromatic carbocycles. The van der Waals surface area contributed by atoms with Crippen molar-refractivity contribution in [3.63, 3.8) is 0 Å². The summed E-state index contributed by atoms with van der Waals surface area (Å²) in [6.45, 7) is 1.37. The number of phenols is 2. The zero-order valence-electron chi connectivity index (χ0n) is 34.9. The van der Waals surface area contributed by atoms with Crippen LogP contribution in [0.2, 0.25) is 0 Å². The van der Waals surface area contributed by atoms with Crippen LogP contribution in [0.15, 0.2) is 18.2 Å². The first-order valence-electron chi connectivity index (χ1n) is 20.9. The Kier molecular flexibility index (Phi) is 13.4. The molecule has 13 atom stereocenters. The second kappa shape index (κ2) is 18.5. The van der Waals surface area contributed by atoms with Gasteiger partial charge in [-0.2, -0.15) is 0 Å². The molecule has 63 heavy (non-hydrogen) atoms. The minimum atomic E-state index is -1.70. The standard InChI is InChI=1S/C42H54N2O19/c1-18-38-21(44-9-12-59-41(56-3)39(44)63-38)13-26(60-18)61-23-15-42(54,7-10-57-17-25(46)43-8-11-58-40-37(53)36(52)33(49)24(16-45)62-40)14-20-28(23)35(51)30-29(32(20)48)31(47)19-5-4-6-22(55-2)27(19)34(30)50/h4-6,18,21,23-24,26,33,36-41,45,48-49,51-54H,7-17H2,1-3H3,(H,43,46)/t18-,21?,23-,24?,26-,33+,36?,37?,38?,39+,40+,41-,42-/m0/s1. The van der Waals surface area contributed by atoms with Crippen LogP contribution in [0.4, 0.5) is 0 Å². The molecule has 8 rings (SSSR count). The van der Waals surface area contributed by atoms with Crippen LogP contribution in [0.5, 0.6) is 17.2 Å². The minimum Gasteiger partial charge on any atom is -0.507 e. The Bertz CT molecular complexity index is 2050. The van der Waals surface area contributed by atoms with E-state index in [1.807, 2.05) is 6.92 Å².